The highest BCUT2D eigenvalue weighted by Gasteiger charge is 2.06. The number of thioether (sulfide) groups is 1. The van der Waals surface area contributed by atoms with Gasteiger partial charge in [-0.05, 0) is 36.4 Å². The molecule has 0 aliphatic rings. The number of nitrogen functional groups attached to an aromatic ring is 1. The number of pyridine rings is 1. The Balaban J connectivity index is 2.03. The van der Waals surface area contributed by atoms with Crippen LogP contribution in [0.2, 0.25) is 0 Å². The number of nitrogens with one attached hydrogen (secondary N) is 1. The Kier molecular flexibility index (Phi) is 4.95. The molecule has 1 amide bonds. The SMILES string of the molecule is NNC(=O)c1cccc(CSc2ccc(Br)cc2)n1. The van der Waals surface area contributed by atoms with Crippen LogP contribution in [0.3, 0.4) is 0 Å². The fraction of sp³-hybridized carbons (Fsp3) is 0.0769. The third-order valence-corrected chi connectivity index (χ3v) is 3.95. The molecule has 19 heavy (non-hydrogen) atoms. The van der Waals surface area contributed by atoms with E-state index in [0.29, 0.717) is 11.4 Å². The standard InChI is InChI=1S/C13H12BrN3OS/c14-9-4-6-11(7-5-9)19-8-10-2-1-3-12(16-10)13(18)17-15/h1-7H,8,15H2,(H,17,18). The van der Waals surface area contributed by atoms with Crippen molar-refractivity contribution in [1.29, 1.82) is 0 Å². The predicted molar refractivity (Wildman–Crippen MR) is 79.6 cm³/mol. The average Bonchev–Trinajstić information content (AvgIpc) is 2.46. The normalized spacial score (nSPS) is 10.2. The molecule has 2 rings (SSSR count). The summed E-state index contributed by atoms with van der Waals surface area (Å²) in [5.74, 6) is 5.41. The van der Waals surface area contributed by atoms with Crippen molar-refractivity contribution in [2.45, 2.75) is 10.6 Å². The Morgan fingerprint density at radius 3 is 2.68 bits per heavy atom. The van der Waals surface area contributed by atoms with E-state index in [9.17, 15) is 4.79 Å². The van der Waals surface area contributed by atoms with Gasteiger partial charge in [0.1, 0.15) is 5.69 Å². The largest absolute Gasteiger partial charge is 0.289 e. The molecule has 98 valence electrons. The summed E-state index contributed by atoms with van der Waals surface area (Å²) in [6, 6.07) is 13.4. The summed E-state index contributed by atoms with van der Waals surface area (Å²) in [6.45, 7) is 0. The van der Waals surface area contributed by atoms with Gasteiger partial charge in [-0.2, -0.15) is 0 Å². The van der Waals surface area contributed by atoms with Crippen molar-refractivity contribution in [3.63, 3.8) is 0 Å². The molecule has 0 saturated carbocycles. The lowest BCUT2D eigenvalue weighted by Crippen LogP contribution is -2.30. The van der Waals surface area contributed by atoms with Gasteiger partial charge in [0, 0.05) is 15.1 Å². The number of nitrogens with zero attached hydrogens (tertiary/aromatic N) is 1. The number of hydrogen-bond acceptors (Lipinski definition) is 4. The van der Waals surface area contributed by atoms with E-state index >= 15 is 0 Å². The van der Waals surface area contributed by atoms with Crippen molar-refractivity contribution >= 4 is 33.6 Å². The highest BCUT2D eigenvalue weighted by atomic mass is 79.9. The second-order valence-electron chi connectivity index (χ2n) is 3.73. The second-order valence-corrected chi connectivity index (χ2v) is 5.69. The zero-order chi connectivity index (χ0) is 13.7. The molecule has 0 atom stereocenters. The molecule has 0 aliphatic carbocycles. The first kappa shape index (κ1) is 14.0. The van der Waals surface area contributed by atoms with Crippen LogP contribution in [0.5, 0.6) is 0 Å². The van der Waals surface area contributed by atoms with Crippen molar-refractivity contribution in [1.82, 2.24) is 10.4 Å². The highest BCUT2D eigenvalue weighted by molar-refractivity contribution is 9.10. The second kappa shape index (κ2) is 6.70. The predicted octanol–water partition coefficient (Wildman–Crippen LogP) is 2.74. The number of hydrazine groups is 1. The lowest BCUT2D eigenvalue weighted by atomic mass is 10.3. The average molecular weight is 338 g/mol. The van der Waals surface area contributed by atoms with Crippen molar-refractivity contribution in [2.75, 3.05) is 0 Å². The minimum absolute atomic E-state index is 0.330. The Bertz CT molecular complexity index is 574. The molecule has 0 saturated heterocycles. The van der Waals surface area contributed by atoms with Gasteiger partial charge in [-0.25, -0.2) is 10.8 Å². The van der Waals surface area contributed by atoms with Crippen LogP contribution >= 0.6 is 27.7 Å². The Labute approximate surface area is 123 Å². The molecule has 1 aromatic carbocycles. The van der Waals surface area contributed by atoms with E-state index in [2.05, 4.69) is 26.3 Å². The molecule has 0 bridgehead atoms. The van der Waals surface area contributed by atoms with Crippen LogP contribution in [0.1, 0.15) is 16.2 Å². The quantitative estimate of drug-likeness (QED) is 0.389. The molecule has 1 heterocycles. The molecule has 0 radical (unpaired) electrons. The Hall–Kier alpha value is -1.37. The Morgan fingerprint density at radius 2 is 2.00 bits per heavy atom. The van der Waals surface area contributed by atoms with E-state index in [4.69, 9.17) is 5.84 Å². The number of amides is 1. The summed E-state index contributed by atoms with van der Waals surface area (Å²) < 4.78 is 1.05. The van der Waals surface area contributed by atoms with E-state index in [1.165, 1.54) is 0 Å². The number of carbonyl (C=O) groups is 1. The molecule has 3 N–H and O–H groups in total. The molecule has 2 aromatic rings. The monoisotopic (exact) mass is 337 g/mol. The van der Waals surface area contributed by atoms with Crippen molar-refractivity contribution < 1.29 is 4.79 Å². The number of aromatic nitrogens is 1. The van der Waals surface area contributed by atoms with E-state index in [-0.39, 0.29) is 5.91 Å². The van der Waals surface area contributed by atoms with Crippen molar-refractivity contribution in [3.05, 3.63) is 58.3 Å². The summed E-state index contributed by atoms with van der Waals surface area (Å²) >= 11 is 5.06. The number of halogens is 1. The lowest BCUT2D eigenvalue weighted by molar-refractivity contribution is 0.0948. The van der Waals surface area contributed by atoms with Gasteiger partial charge in [0.05, 0.1) is 5.69 Å². The first-order valence-electron chi connectivity index (χ1n) is 5.54. The molecule has 6 heteroatoms. The van der Waals surface area contributed by atoms with Crippen LogP contribution in [0.4, 0.5) is 0 Å². The number of carbonyl (C=O) groups excluding carboxylic acids is 1. The van der Waals surface area contributed by atoms with Gasteiger partial charge in [-0.15, -0.1) is 11.8 Å². The zero-order valence-electron chi connectivity index (χ0n) is 9.97. The van der Waals surface area contributed by atoms with Crippen molar-refractivity contribution in [3.8, 4) is 0 Å². The summed E-state index contributed by atoms with van der Waals surface area (Å²) in [5.41, 5.74) is 3.25. The number of rotatable bonds is 4. The lowest BCUT2D eigenvalue weighted by Gasteiger charge is -2.04. The first-order chi connectivity index (χ1) is 9.19. The first-order valence-corrected chi connectivity index (χ1v) is 7.32. The molecule has 1 aromatic heterocycles. The van der Waals surface area contributed by atoms with Gasteiger partial charge < -0.3 is 0 Å². The van der Waals surface area contributed by atoms with Gasteiger partial charge in [-0.1, -0.05) is 22.0 Å². The fourth-order valence-electron chi connectivity index (χ4n) is 1.45. The van der Waals surface area contributed by atoms with Gasteiger partial charge in [0.25, 0.3) is 5.91 Å². The summed E-state index contributed by atoms with van der Waals surface area (Å²) in [4.78, 5) is 16.8. The van der Waals surface area contributed by atoms with Gasteiger partial charge in [0.2, 0.25) is 0 Å². The van der Waals surface area contributed by atoms with E-state index < -0.39 is 0 Å². The maximum Gasteiger partial charge on any atom is 0.283 e. The van der Waals surface area contributed by atoms with Crippen LogP contribution in [0, 0.1) is 0 Å². The van der Waals surface area contributed by atoms with Crippen LogP contribution in [-0.2, 0) is 5.75 Å². The third kappa shape index (κ3) is 4.05. The number of benzene rings is 1. The van der Waals surface area contributed by atoms with Crippen LogP contribution in [0.25, 0.3) is 0 Å². The van der Waals surface area contributed by atoms with Crippen LogP contribution in [-0.4, -0.2) is 10.9 Å². The molecule has 4 nitrogen and oxygen atoms in total. The number of nitrogens with two attached hydrogens (primary N) is 1. The number of hydrogen-bond donors (Lipinski definition) is 2. The van der Waals surface area contributed by atoms with Gasteiger partial charge in [-0.3, -0.25) is 10.2 Å². The smallest absolute Gasteiger partial charge is 0.283 e. The molecular weight excluding hydrogens is 326 g/mol. The molecule has 0 aliphatic heterocycles. The minimum Gasteiger partial charge on any atom is -0.289 e. The van der Waals surface area contributed by atoms with Gasteiger partial charge in [0.15, 0.2) is 0 Å². The van der Waals surface area contributed by atoms with E-state index in [1.807, 2.05) is 30.3 Å². The van der Waals surface area contributed by atoms with Gasteiger partial charge >= 0.3 is 0 Å². The zero-order valence-corrected chi connectivity index (χ0v) is 12.4. The molecular formula is C13H12BrN3OS. The van der Waals surface area contributed by atoms with E-state index in [1.54, 1.807) is 23.9 Å². The van der Waals surface area contributed by atoms with E-state index in [0.717, 1.165) is 15.1 Å². The third-order valence-electron chi connectivity index (χ3n) is 2.37. The fourth-order valence-corrected chi connectivity index (χ4v) is 2.52. The van der Waals surface area contributed by atoms with Crippen LogP contribution < -0.4 is 11.3 Å². The maximum atomic E-state index is 11.4. The molecule has 0 spiro atoms. The minimum atomic E-state index is -0.379. The maximum absolute atomic E-state index is 11.4. The summed E-state index contributed by atoms with van der Waals surface area (Å²) in [6.07, 6.45) is 0. The highest BCUT2D eigenvalue weighted by Crippen LogP contribution is 2.23. The summed E-state index contributed by atoms with van der Waals surface area (Å²) in [7, 11) is 0. The molecule has 0 fully saturated rings. The van der Waals surface area contributed by atoms with Crippen LogP contribution in [0.15, 0.2) is 51.8 Å². The topological polar surface area (TPSA) is 68.0 Å². The summed E-state index contributed by atoms with van der Waals surface area (Å²) in [5, 5.41) is 0. The Morgan fingerprint density at radius 1 is 1.26 bits per heavy atom. The van der Waals surface area contributed by atoms with Crippen molar-refractivity contribution in [2.24, 2.45) is 5.84 Å². The molecule has 0 unspecified atom stereocenters.